The van der Waals surface area contributed by atoms with E-state index in [9.17, 15) is 0 Å². The van der Waals surface area contributed by atoms with Crippen molar-refractivity contribution in [2.75, 3.05) is 14.1 Å². The van der Waals surface area contributed by atoms with Gasteiger partial charge >= 0.3 is 0 Å². The monoisotopic (exact) mass is 236 g/mol. The van der Waals surface area contributed by atoms with E-state index in [4.69, 9.17) is 16.0 Å². The summed E-state index contributed by atoms with van der Waals surface area (Å²) in [6.07, 6.45) is 1.74. The SMILES string of the molecule is CN(C)Cc1ncc(-c2ccc(Cl)cc2)o1. The molecule has 0 amide bonds. The van der Waals surface area contributed by atoms with Crippen LogP contribution in [-0.4, -0.2) is 24.0 Å². The van der Waals surface area contributed by atoms with Gasteiger partial charge in [0.2, 0.25) is 5.89 Å². The van der Waals surface area contributed by atoms with Gasteiger partial charge in [-0.05, 0) is 38.4 Å². The number of oxazole rings is 1. The quantitative estimate of drug-likeness (QED) is 0.820. The molecular formula is C12H13ClN2O. The van der Waals surface area contributed by atoms with Crippen LogP contribution in [0.1, 0.15) is 5.89 Å². The molecule has 0 radical (unpaired) electrons. The Morgan fingerprint density at radius 2 is 1.94 bits per heavy atom. The minimum Gasteiger partial charge on any atom is -0.439 e. The van der Waals surface area contributed by atoms with Crippen LogP contribution in [0.3, 0.4) is 0 Å². The lowest BCUT2D eigenvalue weighted by Crippen LogP contribution is -2.10. The molecule has 0 unspecified atom stereocenters. The Labute approximate surface area is 99.7 Å². The third-order valence-corrected chi connectivity index (χ3v) is 2.39. The van der Waals surface area contributed by atoms with Gasteiger partial charge in [0.15, 0.2) is 5.76 Å². The molecule has 0 atom stereocenters. The average molecular weight is 237 g/mol. The second-order valence-corrected chi connectivity index (χ2v) is 4.30. The summed E-state index contributed by atoms with van der Waals surface area (Å²) >= 11 is 5.82. The number of hydrogen-bond acceptors (Lipinski definition) is 3. The zero-order chi connectivity index (χ0) is 11.5. The predicted molar refractivity (Wildman–Crippen MR) is 64.3 cm³/mol. The first-order chi connectivity index (χ1) is 7.65. The molecule has 1 heterocycles. The summed E-state index contributed by atoms with van der Waals surface area (Å²) in [5.41, 5.74) is 0.988. The zero-order valence-electron chi connectivity index (χ0n) is 9.27. The van der Waals surface area contributed by atoms with Crippen molar-refractivity contribution in [1.82, 2.24) is 9.88 Å². The second kappa shape index (κ2) is 4.68. The molecule has 0 saturated carbocycles. The van der Waals surface area contributed by atoms with Gasteiger partial charge in [-0.3, -0.25) is 0 Å². The first-order valence-electron chi connectivity index (χ1n) is 5.00. The van der Waals surface area contributed by atoms with Crippen molar-refractivity contribution in [3.63, 3.8) is 0 Å². The fraction of sp³-hybridized carbons (Fsp3) is 0.250. The van der Waals surface area contributed by atoms with E-state index in [0.717, 1.165) is 22.2 Å². The summed E-state index contributed by atoms with van der Waals surface area (Å²) in [7, 11) is 3.96. The van der Waals surface area contributed by atoms with E-state index in [1.54, 1.807) is 6.20 Å². The van der Waals surface area contributed by atoms with Gasteiger partial charge in [-0.25, -0.2) is 4.98 Å². The maximum Gasteiger partial charge on any atom is 0.209 e. The van der Waals surface area contributed by atoms with Crippen LogP contribution in [0.2, 0.25) is 5.02 Å². The molecule has 0 aliphatic heterocycles. The number of nitrogens with zero attached hydrogens (tertiary/aromatic N) is 2. The van der Waals surface area contributed by atoms with Gasteiger partial charge in [-0.1, -0.05) is 11.6 Å². The molecule has 0 spiro atoms. The molecule has 1 aromatic heterocycles. The van der Waals surface area contributed by atoms with Crippen molar-refractivity contribution >= 4 is 11.6 Å². The number of benzene rings is 1. The molecule has 2 aromatic rings. The second-order valence-electron chi connectivity index (χ2n) is 3.86. The Morgan fingerprint density at radius 3 is 2.56 bits per heavy atom. The Hall–Kier alpha value is -1.32. The van der Waals surface area contributed by atoms with Gasteiger partial charge in [0.05, 0.1) is 12.7 Å². The minimum atomic E-state index is 0.702. The molecule has 0 aliphatic carbocycles. The summed E-state index contributed by atoms with van der Waals surface area (Å²) in [4.78, 5) is 6.23. The summed E-state index contributed by atoms with van der Waals surface area (Å²) in [5.74, 6) is 1.49. The van der Waals surface area contributed by atoms with E-state index in [2.05, 4.69) is 4.98 Å². The van der Waals surface area contributed by atoms with Gasteiger partial charge in [0.1, 0.15) is 0 Å². The molecule has 84 valence electrons. The molecule has 0 fully saturated rings. The minimum absolute atomic E-state index is 0.702. The van der Waals surface area contributed by atoms with E-state index in [-0.39, 0.29) is 0 Å². The highest BCUT2D eigenvalue weighted by Gasteiger charge is 2.06. The molecule has 0 bridgehead atoms. The summed E-state index contributed by atoms with van der Waals surface area (Å²) in [5, 5.41) is 0.719. The molecule has 0 N–H and O–H groups in total. The predicted octanol–water partition coefficient (Wildman–Crippen LogP) is 3.06. The molecule has 2 rings (SSSR count). The molecular weight excluding hydrogens is 224 g/mol. The summed E-state index contributed by atoms with van der Waals surface area (Å²) in [6, 6.07) is 7.51. The van der Waals surface area contributed by atoms with Crippen LogP contribution in [0, 0.1) is 0 Å². The smallest absolute Gasteiger partial charge is 0.209 e. The molecule has 3 nitrogen and oxygen atoms in total. The van der Waals surface area contributed by atoms with Crippen molar-refractivity contribution in [3.05, 3.63) is 41.4 Å². The zero-order valence-corrected chi connectivity index (χ0v) is 10.0. The first kappa shape index (κ1) is 11.2. The van der Waals surface area contributed by atoms with E-state index < -0.39 is 0 Å². The van der Waals surface area contributed by atoms with Crippen LogP contribution in [0.5, 0.6) is 0 Å². The molecule has 1 aromatic carbocycles. The van der Waals surface area contributed by atoms with E-state index in [0.29, 0.717) is 6.54 Å². The van der Waals surface area contributed by atoms with Crippen molar-refractivity contribution < 1.29 is 4.42 Å². The van der Waals surface area contributed by atoms with Crippen LogP contribution in [0.25, 0.3) is 11.3 Å². The molecule has 4 heteroatoms. The lowest BCUT2D eigenvalue weighted by molar-refractivity contribution is 0.344. The highest BCUT2D eigenvalue weighted by Crippen LogP contribution is 2.22. The number of hydrogen-bond donors (Lipinski definition) is 0. The highest BCUT2D eigenvalue weighted by atomic mass is 35.5. The van der Waals surface area contributed by atoms with Gasteiger partial charge in [0, 0.05) is 10.6 Å². The third-order valence-electron chi connectivity index (χ3n) is 2.13. The molecule has 16 heavy (non-hydrogen) atoms. The topological polar surface area (TPSA) is 29.3 Å². The molecule has 0 aliphatic rings. The van der Waals surface area contributed by atoms with E-state index in [1.165, 1.54) is 0 Å². The fourth-order valence-electron chi connectivity index (χ4n) is 1.40. The Bertz CT molecular complexity index is 462. The van der Waals surface area contributed by atoms with Crippen LogP contribution >= 0.6 is 11.6 Å². The summed E-state index contributed by atoms with van der Waals surface area (Å²) in [6.45, 7) is 0.702. The lowest BCUT2D eigenvalue weighted by Gasteiger charge is -2.04. The first-order valence-corrected chi connectivity index (χ1v) is 5.38. The average Bonchev–Trinajstić information content (AvgIpc) is 2.66. The highest BCUT2D eigenvalue weighted by molar-refractivity contribution is 6.30. The van der Waals surface area contributed by atoms with Crippen LogP contribution in [-0.2, 0) is 6.54 Å². The normalized spacial score (nSPS) is 11.0. The van der Waals surface area contributed by atoms with Gasteiger partial charge in [-0.2, -0.15) is 0 Å². The Balaban J connectivity index is 2.21. The standard InChI is InChI=1S/C12H13ClN2O/c1-15(2)8-12-14-7-11(16-12)9-3-5-10(13)6-4-9/h3-7H,8H2,1-2H3. The lowest BCUT2D eigenvalue weighted by atomic mass is 10.2. The number of halogens is 1. The van der Waals surface area contributed by atoms with Crippen LogP contribution < -0.4 is 0 Å². The van der Waals surface area contributed by atoms with E-state index in [1.807, 2.05) is 43.3 Å². The summed E-state index contributed by atoms with van der Waals surface area (Å²) < 4.78 is 5.62. The van der Waals surface area contributed by atoms with Gasteiger partial charge in [-0.15, -0.1) is 0 Å². The fourth-order valence-corrected chi connectivity index (χ4v) is 1.53. The third kappa shape index (κ3) is 2.62. The van der Waals surface area contributed by atoms with E-state index >= 15 is 0 Å². The van der Waals surface area contributed by atoms with Crippen LogP contribution in [0.4, 0.5) is 0 Å². The Kier molecular flexibility index (Phi) is 3.27. The van der Waals surface area contributed by atoms with Crippen molar-refractivity contribution in [2.45, 2.75) is 6.54 Å². The maximum atomic E-state index is 5.82. The largest absolute Gasteiger partial charge is 0.439 e. The Morgan fingerprint density at radius 1 is 1.25 bits per heavy atom. The van der Waals surface area contributed by atoms with Crippen LogP contribution in [0.15, 0.2) is 34.9 Å². The van der Waals surface area contributed by atoms with Crippen molar-refractivity contribution in [1.29, 1.82) is 0 Å². The number of rotatable bonds is 3. The molecule has 0 saturated heterocycles. The van der Waals surface area contributed by atoms with Gasteiger partial charge in [0.25, 0.3) is 0 Å². The van der Waals surface area contributed by atoms with Gasteiger partial charge < -0.3 is 9.32 Å². The van der Waals surface area contributed by atoms with Crippen molar-refractivity contribution in [3.8, 4) is 11.3 Å². The van der Waals surface area contributed by atoms with Crippen molar-refractivity contribution in [2.24, 2.45) is 0 Å². The maximum absolute atomic E-state index is 5.82. The number of aromatic nitrogens is 1.